The molecule has 0 N–H and O–H groups in total. The second-order valence-electron chi connectivity index (χ2n) is 3.85. The number of rotatable bonds is 1. The van der Waals surface area contributed by atoms with Crippen molar-refractivity contribution < 1.29 is 4.84 Å². The summed E-state index contributed by atoms with van der Waals surface area (Å²) in [6, 6.07) is 9.97. The van der Waals surface area contributed by atoms with E-state index in [1.807, 2.05) is 30.3 Å². The number of nitrogens with zero attached hydrogens (tertiary/aromatic N) is 1. The fourth-order valence-corrected chi connectivity index (χ4v) is 1.76. The van der Waals surface area contributed by atoms with E-state index in [0.29, 0.717) is 0 Å². The van der Waals surface area contributed by atoms with Crippen LogP contribution in [-0.2, 0) is 4.84 Å². The molecule has 0 atom stereocenters. The molecular weight excluding hydrogens is 210 g/mol. The minimum Gasteiger partial charge on any atom is -0.399 e. The van der Waals surface area contributed by atoms with E-state index in [1.54, 1.807) is 7.11 Å². The zero-order chi connectivity index (χ0) is 11.9. The summed E-state index contributed by atoms with van der Waals surface area (Å²) in [5.41, 5.74) is 2.99. The van der Waals surface area contributed by atoms with Gasteiger partial charge in [0.1, 0.15) is 7.11 Å². The van der Waals surface area contributed by atoms with Crippen molar-refractivity contribution >= 4 is 5.71 Å². The Kier molecular flexibility index (Phi) is 3.99. The van der Waals surface area contributed by atoms with Gasteiger partial charge < -0.3 is 4.84 Å². The van der Waals surface area contributed by atoms with Crippen molar-refractivity contribution in [2.24, 2.45) is 5.16 Å². The zero-order valence-electron chi connectivity index (χ0n) is 9.94. The highest BCUT2D eigenvalue weighted by molar-refractivity contribution is 6.04. The van der Waals surface area contributed by atoms with E-state index in [9.17, 15) is 0 Å². The molecule has 0 spiro atoms. The Morgan fingerprint density at radius 1 is 1.18 bits per heavy atom. The highest BCUT2D eigenvalue weighted by atomic mass is 16.6. The first-order chi connectivity index (χ1) is 8.40. The van der Waals surface area contributed by atoms with Crippen LogP contribution in [0.3, 0.4) is 0 Å². The quantitative estimate of drug-likeness (QED) is 0.531. The molecule has 2 heteroatoms. The van der Waals surface area contributed by atoms with Gasteiger partial charge in [0.15, 0.2) is 0 Å². The first-order valence-corrected chi connectivity index (χ1v) is 5.78. The van der Waals surface area contributed by atoms with Crippen LogP contribution in [0.15, 0.2) is 47.1 Å². The van der Waals surface area contributed by atoms with Gasteiger partial charge in [-0.3, -0.25) is 0 Å². The van der Waals surface area contributed by atoms with Crippen molar-refractivity contribution in [3.63, 3.8) is 0 Å². The second kappa shape index (κ2) is 5.91. The maximum Gasteiger partial charge on any atom is 0.106 e. The standard InChI is InChI=1S/C15H15NO/c1-17-16-15-10-6-5-9-14(15)12-11-13-7-3-2-4-8-13/h2-4,7-9H,5-6,10H2,1H3/b16-15-. The normalized spacial score (nSPS) is 17.0. The molecule has 0 aliphatic heterocycles. The van der Waals surface area contributed by atoms with Crippen molar-refractivity contribution in [2.75, 3.05) is 7.11 Å². The van der Waals surface area contributed by atoms with Crippen LogP contribution in [0.1, 0.15) is 24.8 Å². The molecule has 0 amide bonds. The van der Waals surface area contributed by atoms with E-state index in [-0.39, 0.29) is 0 Å². The van der Waals surface area contributed by atoms with Gasteiger partial charge in [-0.1, -0.05) is 41.3 Å². The summed E-state index contributed by atoms with van der Waals surface area (Å²) >= 11 is 0. The molecule has 2 nitrogen and oxygen atoms in total. The molecule has 0 bridgehead atoms. The molecule has 0 fully saturated rings. The monoisotopic (exact) mass is 225 g/mol. The maximum atomic E-state index is 4.84. The van der Waals surface area contributed by atoms with E-state index in [2.05, 4.69) is 23.1 Å². The number of allylic oxidation sites excluding steroid dienone is 2. The molecule has 2 rings (SSSR count). The molecule has 17 heavy (non-hydrogen) atoms. The minimum atomic E-state index is 0.948. The SMILES string of the molecule is CO/N=C1/CCCC=C1C#Cc1ccccc1. The van der Waals surface area contributed by atoms with Crippen LogP contribution in [0.4, 0.5) is 0 Å². The Hall–Kier alpha value is -2.01. The summed E-state index contributed by atoms with van der Waals surface area (Å²) in [5.74, 6) is 6.32. The summed E-state index contributed by atoms with van der Waals surface area (Å²) in [5, 5.41) is 4.02. The molecule has 0 radical (unpaired) electrons. The Balaban J connectivity index is 2.20. The van der Waals surface area contributed by atoms with Crippen LogP contribution in [0.5, 0.6) is 0 Å². The van der Waals surface area contributed by atoms with Crippen LogP contribution in [0.2, 0.25) is 0 Å². The zero-order valence-corrected chi connectivity index (χ0v) is 9.94. The summed E-state index contributed by atoms with van der Waals surface area (Å²) in [6.07, 6.45) is 5.28. The molecule has 1 aromatic carbocycles. The van der Waals surface area contributed by atoms with Gasteiger partial charge in [0.25, 0.3) is 0 Å². The van der Waals surface area contributed by atoms with Crippen molar-refractivity contribution in [3.05, 3.63) is 47.5 Å². The average molecular weight is 225 g/mol. The lowest BCUT2D eigenvalue weighted by molar-refractivity contribution is 0.212. The maximum absolute atomic E-state index is 4.84. The van der Waals surface area contributed by atoms with Crippen molar-refractivity contribution in [1.29, 1.82) is 0 Å². The van der Waals surface area contributed by atoms with Gasteiger partial charge >= 0.3 is 0 Å². The number of benzene rings is 1. The summed E-state index contributed by atoms with van der Waals surface area (Å²) < 4.78 is 0. The first-order valence-electron chi connectivity index (χ1n) is 5.78. The van der Waals surface area contributed by atoms with Crippen molar-refractivity contribution in [1.82, 2.24) is 0 Å². The Morgan fingerprint density at radius 3 is 2.76 bits per heavy atom. The first kappa shape index (κ1) is 11.5. The fourth-order valence-electron chi connectivity index (χ4n) is 1.76. The fraction of sp³-hybridized carbons (Fsp3) is 0.267. The van der Waals surface area contributed by atoms with E-state index in [0.717, 1.165) is 36.1 Å². The molecule has 1 aromatic rings. The van der Waals surface area contributed by atoms with Gasteiger partial charge in [-0.15, -0.1) is 0 Å². The molecule has 1 aliphatic carbocycles. The van der Waals surface area contributed by atoms with E-state index in [1.165, 1.54) is 0 Å². The van der Waals surface area contributed by atoms with E-state index in [4.69, 9.17) is 4.84 Å². The van der Waals surface area contributed by atoms with Gasteiger partial charge in [0, 0.05) is 11.1 Å². The predicted octanol–water partition coefficient (Wildman–Crippen LogP) is 3.15. The highest BCUT2D eigenvalue weighted by Crippen LogP contribution is 2.15. The third-order valence-corrected chi connectivity index (χ3v) is 2.59. The number of hydrogen-bond donors (Lipinski definition) is 0. The average Bonchev–Trinajstić information content (AvgIpc) is 2.39. The minimum absolute atomic E-state index is 0.948. The third kappa shape index (κ3) is 3.22. The van der Waals surface area contributed by atoms with Crippen LogP contribution >= 0.6 is 0 Å². The molecule has 0 aromatic heterocycles. The van der Waals surface area contributed by atoms with Gasteiger partial charge in [0.2, 0.25) is 0 Å². The van der Waals surface area contributed by atoms with Crippen LogP contribution in [0, 0.1) is 11.8 Å². The van der Waals surface area contributed by atoms with Crippen LogP contribution in [0.25, 0.3) is 0 Å². The molecule has 1 aliphatic rings. The topological polar surface area (TPSA) is 21.6 Å². The smallest absolute Gasteiger partial charge is 0.106 e. The molecule has 0 saturated carbocycles. The largest absolute Gasteiger partial charge is 0.399 e. The highest BCUT2D eigenvalue weighted by Gasteiger charge is 2.10. The lowest BCUT2D eigenvalue weighted by Crippen LogP contribution is -2.06. The number of hydrogen-bond acceptors (Lipinski definition) is 2. The van der Waals surface area contributed by atoms with Crippen LogP contribution < -0.4 is 0 Å². The molecule has 0 saturated heterocycles. The Labute approximate surface area is 102 Å². The van der Waals surface area contributed by atoms with E-state index >= 15 is 0 Å². The molecule has 0 unspecified atom stereocenters. The van der Waals surface area contributed by atoms with Gasteiger partial charge in [-0.05, 0) is 31.4 Å². The van der Waals surface area contributed by atoms with Gasteiger partial charge in [-0.25, -0.2) is 0 Å². The lowest BCUT2D eigenvalue weighted by Gasteiger charge is -2.09. The third-order valence-electron chi connectivity index (χ3n) is 2.59. The summed E-state index contributed by atoms with van der Waals surface area (Å²) in [7, 11) is 1.57. The van der Waals surface area contributed by atoms with Crippen molar-refractivity contribution in [2.45, 2.75) is 19.3 Å². The van der Waals surface area contributed by atoms with Gasteiger partial charge in [-0.2, -0.15) is 0 Å². The Morgan fingerprint density at radius 2 is 2.00 bits per heavy atom. The molecule has 86 valence electrons. The molecular formula is C15H15NO. The predicted molar refractivity (Wildman–Crippen MR) is 69.7 cm³/mol. The summed E-state index contributed by atoms with van der Waals surface area (Å²) in [6.45, 7) is 0. The lowest BCUT2D eigenvalue weighted by atomic mass is 9.97. The summed E-state index contributed by atoms with van der Waals surface area (Å²) in [4.78, 5) is 4.84. The van der Waals surface area contributed by atoms with Gasteiger partial charge in [0.05, 0.1) is 5.71 Å². The number of oxime groups is 1. The molecule has 0 heterocycles. The van der Waals surface area contributed by atoms with E-state index < -0.39 is 0 Å². The van der Waals surface area contributed by atoms with Crippen molar-refractivity contribution in [3.8, 4) is 11.8 Å². The second-order valence-corrected chi connectivity index (χ2v) is 3.85. The Bertz CT molecular complexity index is 489. The van der Waals surface area contributed by atoms with Crippen LogP contribution in [-0.4, -0.2) is 12.8 Å².